The molecule has 1 fully saturated rings. The van der Waals surface area contributed by atoms with Crippen LogP contribution in [-0.2, 0) is 6.54 Å². The van der Waals surface area contributed by atoms with Gasteiger partial charge in [-0.1, -0.05) is 18.2 Å². The molecule has 1 unspecified atom stereocenters. The fourth-order valence-corrected chi connectivity index (χ4v) is 4.06. The minimum Gasteiger partial charge on any atom is -0.350 e. The molecular formula is C20H24N8O. The molecule has 0 bridgehead atoms. The highest BCUT2D eigenvalue weighted by molar-refractivity contribution is 5.99. The van der Waals surface area contributed by atoms with Gasteiger partial charge in [0.05, 0.1) is 18.7 Å². The number of amides is 1. The zero-order valence-corrected chi connectivity index (χ0v) is 16.4. The van der Waals surface area contributed by atoms with Crippen molar-refractivity contribution in [2.45, 2.75) is 32.4 Å². The van der Waals surface area contributed by atoms with Gasteiger partial charge in [0.25, 0.3) is 5.91 Å². The van der Waals surface area contributed by atoms with Crippen LogP contribution in [0.5, 0.6) is 0 Å². The van der Waals surface area contributed by atoms with E-state index in [1.165, 1.54) is 0 Å². The minimum absolute atomic E-state index is 0.104. The number of para-hydroxylation sites is 1. The number of nitrogens with one attached hydrogen (secondary N) is 2. The van der Waals surface area contributed by atoms with Crippen molar-refractivity contribution in [2.24, 2.45) is 5.73 Å². The normalized spacial score (nSPS) is 19.4. The maximum absolute atomic E-state index is 13.0. The number of anilines is 2. The van der Waals surface area contributed by atoms with E-state index in [0.29, 0.717) is 36.5 Å². The van der Waals surface area contributed by atoms with Gasteiger partial charge in [-0.05, 0) is 25.8 Å². The number of H-pyrrole nitrogens is 1. The summed E-state index contributed by atoms with van der Waals surface area (Å²) in [6.45, 7) is 4.30. The summed E-state index contributed by atoms with van der Waals surface area (Å²) < 4.78 is 0. The second-order valence-electron chi connectivity index (χ2n) is 7.71. The van der Waals surface area contributed by atoms with Crippen LogP contribution in [0.1, 0.15) is 34.8 Å². The Labute approximate surface area is 168 Å². The maximum Gasteiger partial charge on any atom is 0.276 e. The van der Waals surface area contributed by atoms with E-state index in [9.17, 15) is 4.79 Å². The zero-order valence-electron chi connectivity index (χ0n) is 16.4. The van der Waals surface area contributed by atoms with Gasteiger partial charge in [0.15, 0.2) is 5.82 Å². The summed E-state index contributed by atoms with van der Waals surface area (Å²) in [6.07, 6.45) is 2.05. The van der Waals surface area contributed by atoms with Crippen LogP contribution in [0.25, 0.3) is 10.9 Å². The maximum atomic E-state index is 13.0. The lowest BCUT2D eigenvalue weighted by molar-refractivity contribution is 0.0736. The fraction of sp³-hybridized carbons (Fsp3) is 0.400. The zero-order chi connectivity index (χ0) is 20.0. The first-order chi connectivity index (χ1) is 14.1. The van der Waals surface area contributed by atoms with Gasteiger partial charge in [-0.2, -0.15) is 4.98 Å². The number of nitrogens with two attached hydrogens (primary N) is 1. The number of hydrogen-bond donors (Lipinski definition) is 3. The predicted octanol–water partition coefficient (Wildman–Crippen LogP) is 1.61. The first-order valence-electron chi connectivity index (χ1n) is 9.94. The number of fused-ring (bicyclic) bond motifs is 2. The van der Waals surface area contributed by atoms with Crippen LogP contribution in [0.3, 0.4) is 0 Å². The van der Waals surface area contributed by atoms with Crippen LogP contribution in [0.4, 0.5) is 11.8 Å². The van der Waals surface area contributed by atoms with E-state index < -0.39 is 0 Å². The third kappa shape index (κ3) is 3.27. The molecule has 0 radical (unpaired) electrons. The Hall–Kier alpha value is -3.20. The Kier molecular flexibility index (Phi) is 4.31. The van der Waals surface area contributed by atoms with Crippen molar-refractivity contribution in [1.82, 2.24) is 24.8 Å². The van der Waals surface area contributed by atoms with Crippen molar-refractivity contribution in [3.8, 4) is 0 Å². The lowest BCUT2D eigenvalue weighted by Gasteiger charge is -2.30. The summed E-state index contributed by atoms with van der Waals surface area (Å²) in [7, 11) is 0. The van der Waals surface area contributed by atoms with Crippen LogP contribution in [-0.4, -0.2) is 56.5 Å². The summed E-state index contributed by atoms with van der Waals surface area (Å²) in [4.78, 5) is 33.8. The molecule has 4 heterocycles. The van der Waals surface area contributed by atoms with Gasteiger partial charge in [0, 0.05) is 30.2 Å². The molecule has 1 saturated heterocycles. The van der Waals surface area contributed by atoms with E-state index in [2.05, 4.69) is 30.2 Å². The molecule has 150 valence electrons. The predicted molar refractivity (Wildman–Crippen MR) is 111 cm³/mol. The molecule has 2 aromatic heterocycles. The van der Waals surface area contributed by atoms with Gasteiger partial charge in [-0.3, -0.25) is 4.79 Å². The number of aryl methyl sites for hydroxylation is 1. The van der Waals surface area contributed by atoms with E-state index in [4.69, 9.17) is 5.73 Å². The largest absolute Gasteiger partial charge is 0.350 e. The van der Waals surface area contributed by atoms with E-state index in [0.717, 1.165) is 42.5 Å². The number of aromatic amines is 1. The van der Waals surface area contributed by atoms with E-state index in [1.54, 1.807) is 4.90 Å². The summed E-state index contributed by atoms with van der Waals surface area (Å²) >= 11 is 0. The number of piperidine rings is 1. The van der Waals surface area contributed by atoms with Crippen molar-refractivity contribution >= 4 is 28.6 Å². The molecule has 1 aromatic carbocycles. The molecule has 9 nitrogen and oxygen atoms in total. The average molecular weight is 392 g/mol. The number of carbonyl (C=O) groups excluding carboxylic acids is 1. The molecule has 1 amide bonds. The van der Waals surface area contributed by atoms with Crippen LogP contribution in [0, 0.1) is 6.92 Å². The van der Waals surface area contributed by atoms with E-state index in [1.807, 2.05) is 31.2 Å². The molecule has 2 aliphatic rings. The third-order valence-corrected chi connectivity index (χ3v) is 5.56. The van der Waals surface area contributed by atoms with Crippen molar-refractivity contribution in [3.63, 3.8) is 0 Å². The van der Waals surface area contributed by atoms with Crippen LogP contribution >= 0.6 is 0 Å². The Balaban J connectivity index is 1.37. The number of aromatic nitrogens is 4. The molecule has 1 atom stereocenters. The molecule has 29 heavy (non-hydrogen) atoms. The summed E-state index contributed by atoms with van der Waals surface area (Å²) in [5.41, 5.74) is 8.36. The van der Waals surface area contributed by atoms with Gasteiger partial charge < -0.3 is 25.8 Å². The van der Waals surface area contributed by atoms with Gasteiger partial charge in [0.2, 0.25) is 5.95 Å². The number of carbonyl (C=O) groups is 1. The molecule has 3 aromatic rings. The molecule has 2 aliphatic heterocycles. The van der Waals surface area contributed by atoms with Crippen molar-refractivity contribution < 1.29 is 4.79 Å². The third-order valence-electron chi connectivity index (χ3n) is 5.56. The summed E-state index contributed by atoms with van der Waals surface area (Å²) in [6, 6.07) is 8.04. The van der Waals surface area contributed by atoms with Crippen molar-refractivity contribution in [1.29, 1.82) is 0 Å². The Morgan fingerprint density at radius 1 is 1.24 bits per heavy atom. The highest BCUT2D eigenvalue weighted by Gasteiger charge is 2.30. The number of nitrogens with zero attached hydrogens (tertiary/aromatic N) is 5. The molecule has 5 rings (SSSR count). The van der Waals surface area contributed by atoms with Crippen LogP contribution < -0.4 is 16.0 Å². The fourth-order valence-electron chi connectivity index (χ4n) is 4.06. The van der Waals surface area contributed by atoms with Gasteiger partial charge >= 0.3 is 0 Å². The quantitative estimate of drug-likeness (QED) is 0.620. The minimum atomic E-state index is -0.104. The van der Waals surface area contributed by atoms with E-state index >= 15 is 0 Å². The van der Waals surface area contributed by atoms with Crippen LogP contribution in [0.2, 0.25) is 0 Å². The Morgan fingerprint density at radius 2 is 2.10 bits per heavy atom. The molecule has 0 spiro atoms. The first-order valence-corrected chi connectivity index (χ1v) is 9.94. The second-order valence-corrected chi connectivity index (χ2v) is 7.71. The number of benzene rings is 1. The Morgan fingerprint density at radius 3 is 2.97 bits per heavy atom. The molecule has 9 heteroatoms. The SMILES string of the molecule is Cc1nc(CN2CNc3nc(N4CCCC(N)C4)[nH]c3C2=O)nc2ccccc12. The van der Waals surface area contributed by atoms with Gasteiger partial charge in [-0.15, -0.1) is 0 Å². The monoisotopic (exact) mass is 392 g/mol. The number of hydrogen-bond acceptors (Lipinski definition) is 7. The van der Waals surface area contributed by atoms with Gasteiger partial charge in [0.1, 0.15) is 11.5 Å². The van der Waals surface area contributed by atoms with Crippen molar-refractivity contribution in [2.75, 3.05) is 30.0 Å². The smallest absolute Gasteiger partial charge is 0.276 e. The average Bonchev–Trinajstić information content (AvgIpc) is 3.16. The number of imidazole rings is 1. The van der Waals surface area contributed by atoms with Crippen LogP contribution in [0.15, 0.2) is 24.3 Å². The van der Waals surface area contributed by atoms with Gasteiger partial charge in [-0.25, -0.2) is 9.97 Å². The lowest BCUT2D eigenvalue weighted by Crippen LogP contribution is -2.43. The lowest BCUT2D eigenvalue weighted by atomic mass is 10.1. The molecule has 0 saturated carbocycles. The summed E-state index contributed by atoms with van der Waals surface area (Å²) in [5.74, 6) is 1.82. The Bertz CT molecular complexity index is 1080. The van der Waals surface area contributed by atoms with E-state index in [-0.39, 0.29) is 11.9 Å². The highest BCUT2D eigenvalue weighted by Crippen LogP contribution is 2.26. The topological polar surface area (TPSA) is 116 Å². The standard InChI is InChI=1S/C20H24N8O/c1-12-14-6-2-3-7-15(14)24-16(23-12)10-28-11-22-18-17(19(28)29)25-20(26-18)27-8-4-5-13(21)9-27/h2-3,6-7,13,22H,4-5,8-11,21H2,1H3,(H,25,26). The molecule has 4 N–H and O–H groups in total. The second kappa shape index (κ2) is 7.00. The molecular weight excluding hydrogens is 368 g/mol. The number of rotatable bonds is 3. The summed E-state index contributed by atoms with van der Waals surface area (Å²) in [5, 5.41) is 4.26. The molecule has 0 aliphatic carbocycles. The highest BCUT2D eigenvalue weighted by atomic mass is 16.2. The first kappa shape index (κ1) is 17.9. The van der Waals surface area contributed by atoms with Crippen molar-refractivity contribution in [3.05, 3.63) is 41.5 Å².